The second-order valence-electron chi connectivity index (χ2n) is 5.53. The summed E-state index contributed by atoms with van der Waals surface area (Å²) in [6.45, 7) is 2.48. The van der Waals surface area contributed by atoms with Gasteiger partial charge >= 0.3 is 5.97 Å². The highest BCUT2D eigenvalue weighted by Gasteiger charge is 2.27. The fourth-order valence-corrected chi connectivity index (χ4v) is 2.66. The number of anilines is 1. The molecule has 1 aliphatic rings. The van der Waals surface area contributed by atoms with Crippen molar-refractivity contribution in [3.05, 3.63) is 33.6 Å². The molecule has 130 valence electrons. The molecule has 9 heteroatoms. The van der Waals surface area contributed by atoms with Gasteiger partial charge in [-0.2, -0.15) is 0 Å². The molecule has 0 aromatic heterocycles. The van der Waals surface area contributed by atoms with E-state index in [4.69, 9.17) is 0 Å². The molecule has 0 unspecified atom stereocenters. The van der Waals surface area contributed by atoms with E-state index >= 15 is 0 Å². The van der Waals surface area contributed by atoms with Crippen LogP contribution in [0.2, 0.25) is 0 Å². The first kappa shape index (κ1) is 17.6. The standard InChI is InChI=1S/C15H18FN3O5/c1-9(20)18-5-3-11(4-6-18)17-14-12(16)7-10(15(21)24-2)8-13(14)19(22)23/h7-8,11,17H,3-6H2,1-2H3. The van der Waals surface area contributed by atoms with Crippen LogP contribution >= 0.6 is 0 Å². The number of methoxy groups -OCH3 is 1. The van der Waals surface area contributed by atoms with Gasteiger partial charge in [-0.1, -0.05) is 0 Å². The molecule has 24 heavy (non-hydrogen) atoms. The molecule has 0 aliphatic carbocycles. The van der Waals surface area contributed by atoms with Crippen molar-refractivity contribution in [2.45, 2.75) is 25.8 Å². The molecule has 1 aliphatic heterocycles. The number of halogens is 1. The van der Waals surface area contributed by atoms with E-state index in [1.54, 1.807) is 4.90 Å². The van der Waals surface area contributed by atoms with Gasteiger partial charge in [-0.3, -0.25) is 14.9 Å². The number of hydrogen-bond donors (Lipinski definition) is 1. The first-order chi connectivity index (χ1) is 11.3. The van der Waals surface area contributed by atoms with Gasteiger partial charge in [0.2, 0.25) is 5.91 Å². The first-order valence-corrected chi connectivity index (χ1v) is 7.41. The molecular weight excluding hydrogens is 321 g/mol. The van der Waals surface area contributed by atoms with Gasteiger partial charge in [0.25, 0.3) is 5.69 Å². The summed E-state index contributed by atoms with van der Waals surface area (Å²) >= 11 is 0. The molecule has 1 aromatic rings. The fraction of sp³-hybridized carbons (Fsp3) is 0.467. The number of amides is 1. The molecule has 1 aromatic carbocycles. The molecule has 1 amide bonds. The second-order valence-corrected chi connectivity index (χ2v) is 5.53. The van der Waals surface area contributed by atoms with Crippen LogP contribution in [0.5, 0.6) is 0 Å². The summed E-state index contributed by atoms with van der Waals surface area (Å²) in [6.07, 6.45) is 1.10. The maximum atomic E-state index is 14.3. The Morgan fingerprint density at radius 2 is 2.00 bits per heavy atom. The number of benzene rings is 1. The summed E-state index contributed by atoms with van der Waals surface area (Å²) in [6, 6.07) is 1.70. The summed E-state index contributed by atoms with van der Waals surface area (Å²) in [5.74, 6) is -1.77. The number of rotatable bonds is 4. The maximum Gasteiger partial charge on any atom is 0.338 e. The predicted octanol–water partition coefficient (Wildman–Crippen LogP) is 1.94. The van der Waals surface area contributed by atoms with E-state index in [1.807, 2.05) is 0 Å². The average molecular weight is 339 g/mol. The third-order valence-corrected chi connectivity index (χ3v) is 3.98. The highest BCUT2D eigenvalue weighted by atomic mass is 19.1. The van der Waals surface area contributed by atoms with Gasteiger partial charge < -0.3 is 15.0 Å². The molecule has 2 rings (SSSR count). The van der Waals surface area contributed by atoms with Crippen LogP contribution in [-0.4, -0.2) is 47.9 Å². The third-order valence-electron chi connectivity index (χ3n) is 3.98. The van der Waals surface area contributed by atoms with Crippen LogP contribution in [0, 0.1) is 15.9 Å². The zero-order chi connectivity index (χ0) is 17.9. The van der Waals surface area contributed by atoms with Crippen molar-refractivity contribution in [1.82, 2.24) is 4.90 Å². The minimum absolute atomic E-state index is 0.0342. The second kappa shape index (κ2) is 7.24. The number of carbonyl (C=O) groups is 2. The maximum absolute atomic E-state index is 14.3. The van der Waals surface area contributed by atoms with Crippen LogP contribution in [0.4, 0.5) is 15.8 Å². The molecule has 0 spiro atoms. The van der Waals surface area contributed by atoms with Gasteiger partial charge in [0, 0.05) is 32.1 Å². The summed E-state index contributed by atoms with van der Waals surface area (Å²) in [5, 5.41) is 14.1. The number of hydrogen-bond acceptors (Lipinski definition) is 6. The van der Waals surface area contributed by atoms with E-state index in [2.05, 4.69) is 10.1 Å². The zero-order valence-corrected chi connectivity index (χ0v) is 13.4. The number of esters is 1. The van der Waals surface area contributed by atoms with Crippen molar-refractivity contribution < 1.29 is 23.6 Å². The van der Waals surface area contributed by atoms with Crippen LogP contribution in [0.15, 0.2) is 12.1 Å². The Morgan fingerprint density at radius 3 is 2.50 bits per heavy atom. The van der Waals surface area contributed by atoms with E-state index in [-0.39, 0.29) is 23.2 Å². The lowest BCUT2D eigenvalue weighted by Gasteiger charge is -2.32. The number of nitrogens with one attached hydrogen (secondary N) is 1. The number of ether oxygens (including phenoxy) is 1. The third kappa shape index (κ3) is 3.79. The van der Waals surface area contributed by atoms with Gasteiger partial charge in [0.1, 0.15) is 5.69 Å². The van der Waals surface area contributed by atoms with Crippen molar-refractivity contribution >= 4 is 23.3 Å². The SMILES string of the molecule is COC(=O)c1cc(F)c(NC2CCN(C(C)=O)CC2)c([N+](=O)[O-])c1. The molecule has 1 fully saturated rings. The molecule has 0 saturated carbocycles. The number of nitrogens with zero attached hydrogens (tertiary/aromatic N) is 2. The predicted molar refractivity (Wildman–Crippen MR) is 83.3 cm³/mol. The van der Waals surface area contributed by atoms with E-state index < -0.39 is 22.4 Å². The summed E-state index contributed by atoms with van der Waals surface area (Å²) in [4.78, 5) is 34.9. The highest BCUT2D eigenvalue weighted by molar-refractivity contribution is 5.91. The Kier molecular flexibility index (Phi) is 5.32. The fourth-order valence-electron chi connectivity index (χ4n) is 2.66. The van der Waals surface area contributed by atoms with Gasteiger partial charge in [0.15, 0.2) is 5.82 Å². The van der Waals surface area contributed by atoms with Gasteiger partial charge in [0.05, 0.1) is 17.6 Å². The van der Waals surface area contributed by atoms with Crippen molar-refractivity contribution in [1.29, 1.82) is 0 Å². The summed E-state index contributed by atoms with van der Waals surface area (Å²) in [5.41, 5.74) is -1.00. The minimum atomic E-state index is -0.890. The minimum Gasteiger partial charge on any atom is -0.465 e. The summed E-state index contributed by atoms with van der Waals surface area (Å²) in [7, 11) is 1.11. The highest BCUT2D eigenvalue weighted by Crippen LogP contribution is 2.31. The molecule has 1 saturated heterocycles. The topological polar surface area (TPSA) is 102 Å². The van der Waals surface area contributed by atoms with Gasteiger partial charge in [-0.25, -0.2) is 9.18 Å². The largest absolute Gasteiger partial charge is 0.465 e. The molecule has 1 heterocycles. The van der Waals surface area contributed by atoms with Crippen LogP contribution in [0.1, 0.15) is 30.1 Å². The molecule has 0 radical (unpaired) electrons. The number of nitro benzene ring substituents is 1. The molecular formula is C15H18FN3O5. The number of piperidine rings is 1. The molecule has 8 nitrogen and oxygen atoms in total. The number of nitro groups is 1. The number of likely N-dealkylation sites (tertiary alicyclic amines) is 1. The van der Waals surface area contributed by atoms with Crippen LogP contribution < -0.4 is 5.32 Å². The Morgan fingerprint density at radius 1 is 1.38 bits per heavy atom. The average Bonchev–Trinajstić information content (AvgIpc) is 2.55. The van der Waals surface area contributed by atoms with E-state index in [0.29, 0.717) is 25.9 Å². The quantitative estimate of drug-likeness (QED) is 0.511. The Hall–Kier alpha value is -2.71. The molecule has 0 bridgehead atoms. The smallest absolute Gasteiger partial charge is 0.338 e. The zero-order valence-electron chi connectivity index (χ0n) is 13.4. The van der Waals surface area contributed by atoms with Crippen molar-refractivity contribution in [2.75, 3.05) is 25.5 Å². The van der Waals surface area contributed by atoms with Crippen molar-refractivity contribution in [3.8, 4) is 0 Å². The number of carbonyl (C=O) groups excluding carboxylic acids is 2. The van der Waals surface area contributed by atoms with E-state index in [0.717, 1.165) is 19.2 Å². The van der Waals surface area contributed by atoms with E-state index in [9.17, 15) is 24.1 Å². The van der Waals surface area contributed by atoms with Crippen molar-refractivity contribution in [3.63, 3.8) is 0 Å². The lowest BCUT2D eigenvalue weighted by Crippen LogP contribution is -2.41. The first-order valence-electron chi connectivity index (χ1n) is 7.41. The normalized spacial score (nSPS) is 15.0. The lowest BCUT2D eigenvalue weighted by atomic mass is 10.0. The van der Waals surface area contributed by atoms with Gasteiger partial charge in [-0.05, 0) is 18.9 Å². The molecule has 1 N–H and O–H groups in total. The Labute approximate surface area is 137 Å². The Bertz CT molecular complexity index is 671. The van der Waals surface area contributed by atoms with Crippen LogP contribution in [0.25, 0.3) is 0 Å². The van der Waals surface area contributed by atoms with Crippen LogP contribution in [0.3, 0.4) is 0 Å². The lowest BCUT2D eigenvalue weighted by molar-refractivity contribution is -0.384. The summed E-state index contributed by atoms with van der Waals surface area (Å²) < 4.78 is 18.8. The Balaban J connectivity index is 2.22. The monoisotopic (exact) mass is 339 g/mol. The van der Waals surface area contributed by atoms with Crippen molar-refractivity contribution in [2.24, 2.45) is 0 Å². The van der Waals surface area contributed by atoms with E-state index in [1.165, 1.54) is 6.92 Å². The van der Waals surface area contributed by atoms with Crippen LogP contribution in [-0.2, 0) is 9.53 Å². The van der Waals surface area contributed by atoms with Gasteiger partial charge in [-0.15, -0.1) is 0 Å². The molecule has 0 atom stereocenters.